The molecule has 0 N–H and O–H groups in total. The van der Waals surface area contributed by atoms with Crippen LogP contribution in [0.3, 0.4) is 0 Å². The van der Waals surface area contributed by atoms with Crippen molar-refractivity contribution in [3.05, 3.63) is 11.6 Å². The molecule has 1 saturated carbocycles. The van der Waals surface area contributed by atoms with E-state index in [1.54, 1.807) is 5.57 Å². The van der Waals surface area contributed by atoms with Crippen LogP contribution in [0, 0.1) is 5.92 Å². The highest BCUT2D eigenvalue weighted by atomic mass is 14.2. The zero-order valence-electron chi connectivity index (χ0n) is 6.48. The summed E-state index contributed by atoms with van der Waals surface area (Å²) < 4.78 is 0. The molecule has 1 aliphatic rings. The molecule has 0 atom stereocenters. The Morgan fingerprint density at radius 1 is 1.56 bits per heavy atom. The van der Waals surface area contributed by atoms with Gasteiger partial charge >= 0.3 is 0 Å². The van der Waals surface area contributed by atoms with Gasteiger partial charge in [0.25, 0.3) is 0 Å². The summed E-state index contributed by atoms with van der Waals surface area (Å²) in [6.45, 7) is 4.37. The first-order valence-corrected chi connectivity index (χ1v) is 3.94. The van der Waals surface area contributed by atoms with Crippen LogP contribution in [-0.4, -0.2) is 0 Å². The first kappa shape index (κ1) is 6.85. The number of hydrogen-bond donors (Lipinski definition) is 0. The van der Waals surface area contributed by atoms with E-state index in [2.05, 4.69) is 19.9 Å². The van der Waals surface area contributed by atoms with Crippen LogP contribution in [0.1, 0.15) is 39.5 Å². The van der Waals surface area contributed by atoms with Gasteiger partial charge < -0.3 is 0 Å². The van der Waals surface area contributed by atoms with Crippen LogP contribution in [-0.2, 0) is 0 Å². The molecule has 1 rings (SSSR count). The summed E-state index contributed by atoms with van der Waals surface area (Å²) >= 11 is 0. The van der Waals surface area contributed by atoms with Crippen LogP contribution < -0.4 is 0 Å². The quantitative estimate of drug-likeness (QED) is 0.496. The summed E-state index contributed by atoms with van der Waals surface area (Å²) in [5, 5.41) is 0. The van der Waals surface area contributed by atoms with Crippen molar-refractivity contribution in [3.8, 4) is 0 Å². The first-order valence-electron chi connectivity index (χ1n) is 3.94. The molecule has 0 spiro atoms. The van der Waals surface area contributed by atoms with Gasteiger partial charge in [-0.1, -0.05) is 30.9 Å². The maximum Gasteiger partial charge on any atom is -0.0295 e. The van der Waals surface area contributed by atoms with Gasteiger partial charge in [-0.3, -0.25) is 0 Å². The zero-order valence-corrected chi connectivity index (χ0v) is 6.48. The van der Waals surface area contributed by atoms with E-state index in [-0.39, 0.29) is 0 Å². The molecule has 1 fully saturated rings. The van der Waals surface area contributed by atoms with Crippen LogP contribution in [0.4, 0.5) is 0 Å². The van der Waals surface area contributed by atoms with Gasteiger partial charge in [-0.05, 0) is 26.2 Å². The van der Waals surface area contributed by atoms with Gasteiger partial charge in [0, 0.05) is 0 Å². The molecule has 0 saturated heterocycles. The fourth-order valence-corrected chi connectivity index (χ4v) is 1.27. The first-order chi connectivity index (χ1) is 4.33. The second-order valence-corrected chi connectivity index (χ2v) is 3.14. The van der Waals surface area contributed by atoms with E-state index >= 15 is 0 Å². The highest BCUT2D eigenvalue weighted by Gasteiger charge is 2.16. The van der Waals surface area contributed by atoms with Crippen molar-refractivity contribution in [3.63, 3.8) is 0 Å². The summed E-state index contributed by atoms with van der Waals surface area (Å²) in [6.07, 6.45) is 8.02. The number of hydrogen-bond acceptors (Lipinski definition) is 0. The summed E-state index contributed by atoms with van der Waals surface area (Å²) in [5.41, 5.74) is 1.57. The lowest BCUT2D eigenvalue weighted by molar-refractivity contribution is 0.314. The van der Waals surface area contributed by atoms with Crippen molar-refractivity contribution in [1.82, 2.24) is 0 Å². The Kier molecular flexibility index (Phi) is 2.32. The molecule has 0 radical (unpaired) electrons. The van der Waals surface area contributed by atoms with Crippen LogP contribution in [0.25, 0.3) is 0 Å². The average Bonchev–Trinajstić information content (AvgIpc) is 1.78. The van der Waals surface area contributed by atoms with E-state index in [4.69, 9.17) is 0 Å². The molecule has 9 heavy (non-hydrogen) atoms. The largest absolute Gasteiger partial charge is 0.0887 e. The SMILES string of the molecule is CC=C(C)CC1CCC1. The van der Waals surface area contributed by atoms with E-state index in [9.17, 15) is 0 Å². The third-order valence-electron chi connectivity index (χ3n) is 2.33. The molecule has 0 unspecified atom stereocenters. The van der Waals surface area contributed by atoms with Crippen LogP contribution >= 0.6 is 0 Å². The smallest absolute Gasteiger partial charge is 0.0295 e. The highest BCUT2D eigenvalue weighted by Crippen LogP contribution is 2.31. The van der Waals surface area contributed by atoms with Gasteiger partial charge in [-0.25, -0.2) is 0 Å². The normalized spacial score (nSPS) is 21.8. The second kappa shape index (κ2) is 3.05. The maximum absolute atomic E-state index is 2.23. The molecule has 0 amide bonds. The number of rotatable bonds is 2. The lowest BCUT2D eigenvalue weighted by Gasteiger charge is -2.25. The third kappa shape index (κ3) is 1.85. The lowest BCUT2D eigenvalue weighted by atomic mass is 9.81. The van der Waals surface area contributed by atoms with Crippen molar-refractivity contribution in [2.75, 3.05) is 0 Å². The minimum Gasteiger partial charge on any atom is -0.0887 e. The Morgan fingerprint density at radius 3 is 2.56 bits per heavy atom. The molecule has 0 aromatic heterocycles. The van der Waals surface area contributed by atoms with Gasteiger partial charge in [0.15, 0.2) is 0 Å². The monoisotopic (exact) mass is 124 g/mol. The minimum atomic E-state index is 1.04. The van der Waals surface area contributed by atoms with E-state index in [0.29, 0.717) is 0 Å². The zero-order chi connectivity index (χ0) is 6.69. The van der Waals surface area contributed by atoms with Crippen molar-refractivity contribution < 1.29 is 0 Å². The molecule has 0 heteroatoms. The molecule has 0 heterocycles. The van der Waals surface area contributed by atoms with Gasteiger partial charge in [-0.15, -0.1) is 0 Å². The Labute approximate surface area is 58.0 Å². The predicted molar refractivity (Wildman–Crippen MR) is 41.4 cm³/mol. The topological polar surface area (TPSA) is 0 Å². The van der Waals surface area contributed by atoms with E-state index < -0.39 is 0 Å². The molecule has 0 aromatic carbocycles. The van der Waals surface area contributed by atoms with Crippen LogP contribution in [0.15, 0.2) is 11.6 Å². The maximum atomic E-state index is 2.23. The highest BCUT2D eigenvalue weighted by molar-refractivity contribution is 4.98. The Morgan fingerprint density at radius 2 is 2.22 bits per heavy atom. The molecule has 0 nitrogen and oxygen atoms in total. The fraction of sp³-hybridized carbons (Fsp3) is 0.778. The van der Waals surface area contributed by atoms with Gasteiger partial charge in [0.05, 0.1) is 0 Å². The van der Waals surface area contributed by atoms with Crippen molar-refractivity contribution in [2.45, 2.75) is 39.5 Å². The van der Waals surface area contributed by atoms with Crippen LogP contribution in [0.5, 0.6) is 0 Å². The summed E-state index contributed by atoms with van der Waals surface area (Å²) in [7, 11) is 0. The third-order valence-corrected chi connectivity index (χ3v) is 2.33. The molecule has 0 aromatic rings. The van der Waals surface area contributed by atoms with E-state index in [0.717, 1.165) is 5.92 Å². The molecule has 52 valence electrons. The van der Waals surface area contributed by atoms with E-state index in [1.165, 1.54) is 25.7 Å². The average molecular weight is 124 g/mol. The van der Waals surface area contributed by atoms with Crippen molar-refractivity contribution in [1.29, 1.82) is 0 Å². The molecule has 0 bridgehead atoms. The van der Waals surface area contributed by atoms with E-state index in [1.807, 2.05) is 0 Å². The Bertz CT molecular complexity index is 107. The predicted octanol–water partition coefficient (Wildman–Crippen LogP) is 3.14. The molecule has 1 aliphatic carbocycles. The van der Waals surface area contributed by atoms with Gasteiger partial charge in [0.2, 0.25) is 0 Å². The van der Waals surface area contributed by atoms with Crippen molar-refractivity contribution in [2.24, 2.45) is 5.92 Å². The lowest BCUT2D eigenvalue weighted by Crippen LogP contribution is -2.10. The molecule has 0 aliphatic heterocycles. The summed E-state index contributed by atoms with van der Waals surface area (Å²) in [6, 6.07) is 0. The molecular formula is C9H16. The summed E-state index contributed by atoms with van der Waals surface area (Å²) in [4.78, 5) is 0. The Balaban J connectivity index is 2.16. The van der Waals surface area contributed by atoms with Gasteiger partial charge in [0.1, 0.15) is 0 Å². The second-order valence-electron chi connectivity index (χ2n) is 3.14. The standard InChI is InChI=1S/C9H16/c1-3-8(2)7-9-5-4-6-9/h3,9H,4-7H2,1-2H3. The van der Waals surface area contributed by atoms with Crippen molar-refractivity contribution >= 4 is 0 Å². The fourth-order valence-electron chi connectivity index (χ4n) is 1.27. The Hall–Kier alpha value is -0.260. The van der Waals surface area contributed by atoms with Crippen LogP contribution in [0.2, 0.25) is 0 Å². The minimum absolute atomic E-state index is 1.04. The van der Waals surface area contributed by atoms with Gasteiger partial charge in [-0.2, -0.15) is 0 Å². The molecular weight excluding hydrogens is 108 g/mol. The number of allylic oxidation sites excluding steroid dienone is 2. The summed E-state index contributed by atoms with van der Waals surface area (Å²) in [5.74, 6) is 1.04.